The Morgan fingerprint density at radius 2 is 2.10 bits per heavy atom. The van der Waals surface area contributed by atoms with Crippen LogP contribution in [0.4, 0.5) is 5.13 Å². The molecule has 9 heteroatoms. The molecule has 0 fully saturated rings. The van der Waals surface area contributed by atoms with E-state index in [9.17, 15) is 19.2 Å². The number of hydrogen-bond acceptors (Lipinski definition) is 6. The lowest BCUT2D eigenvalue weighted by Crippen LogP contribution is -2.38. The molecule has 0 unspecified atom stereocenters. The monoisotopic (exact) mass is 308 g/mol. The highest BCUT2D eigenvalue weighted by molar-refractivity contribution is 7.14. The summed E-state index contributed by atoms with van der Waals surface area (Å²) in [4.78, 5) is 49.9. The zero-order valence-electron chi connectivity index (χ0n) is 11.3. The third-order valence-corrected chi connectivity index (χ3v) is 3.44. The Bertz CT molecular complexity index is 817. The molecule has 1 amide bonds. The van der Waals surface area contributed by atoms with Gasteiger partial charge in [0.2, 0.25) is 5.91 Å². The zero-order chi connectivity index (χ0) is 15.6. The molecule has 2 aromatic heterocycles. The quantitative estimate of drug-likeness (QED) is 0.791. The minimum absolute atomic E-state index is 0.193. The van der Waals surface area contributed by atoms with Crippen molar-refractivity contribution < 1.29 is 9.59 Å². The minimum Gasteiger partial charge on any atom is -0.300 e. The van der Waals surface area contributed by atoms with Crippen LogP contribution in [0, 0.1) is 0 Å². The van der Waals surface area contributed by atoms with Gasteiger partial charge in [-0.2, -0.15) is 0 Å². The van der Waals surface area contributed by atoms with E-state index in [-0.39, 0.29) is 23.2 Å². The van der Waals surface area contributed by atoms with Crippen LogP contribution in [0.15, 0.2) is 27.2 Å². The topological polar surface area (TPSA) is 103 Å². The van der Waals surface area contributed by atoms with Crippen LogP contribution in [-0.2, 0) is 18.4 Å². The van der Waals surface area contributed by atoms with Crippen LogP contribution in [0.3, 0.4) is 0 Å². The fraction of sp³-hybridized carbons (Fsp3) is 0.250. The van der Waals surface area contributed by atoms with Gasteiger partial charge in [-0.05, 0) is 0 Å². The molecule has 2 rings (SSSR count). The molecule has 0 aliphatic heterocycles. The van der Waals surface area contributed by atoms with E-state index in [0.717, 1.165) is 20.5 Å². The largest absolute Gasteiger partial charge is 0.331 e. The number of ketones is 1. The summed E-state index contributed by atoms with van der Waals surface area (Å²) in [5, 5.41) is 4.31. The Balaban J connectivity index is 2.11. The standard InChI is InChI=1S/C12H12N4O4S/c1-7(17)8-6-21-11(13-8)14-9(18)5-16-4-3-10(19)15(2)12(16)20/h3-4,6H,5H2,1-2H3,(H,13,14,18). The van der Waals surface area contributed by atoms with Gasteiger partial charge >= 0.3 is 5.69 Å². The van der Waals surface area contributed by atoms with Crippen molar-refractivity contribution in [3.63, 3.8) is 0 Å². The van der Waals surface area contributed by atoms with Gasteiger partial charge in [0.1, 0.15) is 12.2 Å². The van der Waals surface area contributed by atoms with E-state index in [2.05, 4.69) is 10.3 Å². The maximum atomic E-state index is 11.8. The molecule has 8 nitrogen and oxygen atoms in total. The number of nitrogens with zero attached hydrogens (tertiary/aromatic N) is 3. The molecular weight excluding hydrogens is 296 g/mol. The highest BCUT2D eigenvalue weighted by atomic mass is 32.1. The third kappa shape index (κ3) is 3.31. The minimum atomic E-state index is -0.582. The molecule has 0 aromatic carbocycles. The van der Waals surface area contributed by atoms with E-state index in [1.807, 2.05) is 0 Å². The molecule has 0 bridgehead atoms. The predicted octanol–water partition coefficient (Wildman–Crippen LogP) is -0.155. The number of carbonyl (C=O) groups is 2. The van der Waals surface area contributed by atoms with E-state index in [1.165, 1.54) is 31.6 Å². The molecule has 0 spiro atoms. The summed E-state index contributed by atoms with van der Waals surface area (Å²) in [6, 6.07) is 1.20. The number of Topliss-reactive ketones (excluding diaryl/α,β-unsaturated/α-hetero) is 1. The first-order valence-corrected chi connectivity index (χ1v) is 6.79. The SMILES string of the molecule is CC(=O)c1csc(NC(=O)Cn2ccc(=O)n(C)c2=O)n1. The first-order chi connectivity index (χ1) is 9.88. The van der Waals surface area contributed by atoms with Crippen LogP contribution in [0.5, 0.6) is 0 Å². The first kappa shape index (κ1) is 14.9. The van der Waals surface area contributed by atoms with Gasteiger partial charge in [-0.25, -0.2) is 9.78 Å². The van der Waals surface area contributed by atoms with Crippen LogP contribution in [0.25, 0.3) is 0 Å². The summed E-state index contributed by atoms with van der Waals surface area (Å²) < 4.78 is 2.01. The van der Waals surface area contributed by atoms with Gasteiger partial charge in [0.25, 0.3) is 5.56 Å². The Hall–Kier alpha value is -2.55. The number of hydrogen-bond donors (Lipinski definition) is 1. The molecular formula is C12H12N4O4S. The normalized spacial score (nSPS) is 10.4. The number of carbonyl (C=O) groups excluding carboxylic acids is 2. The summed E-state index contributed by atoms with van der Waals surface area (Å²) >= 11 is 1.12. The molecule has 0 atom stereocenters. The number of nitrogens with one attached hydrogen (secondary N) is 1. The maximum Gasteiger partial charge on any atom is 0.331 e. The van der Waals surface area contributed by atoms with E-state index in [0.29, 0.717) is 0 Å². The highest BCUT2D eigenvalue weighted by Crippen LogP contribution is 2.15. The van der Waals surface area contributed by atoms with E-state index in [4.69, 9.17) is 0 Å². The van der Waals surface area contributed by atoms with Crippen molar-refractivity contribution in [2.45, 2.75) is 13.5 Å². The van der Waals surface area contributed by atoms with Crippen molar-refractivity contribution in [3.8, 4) is 0 Å². The van der Waals surface area contributed by atoms with Crippen molar-refractivity contribution in [3.05, 3.63) is 44.2 Å². The Morgan fingerprint density at radius 3 is 2.71 bits per heavy atom. The fourth-order valence-electron chi connectivity index (χ4n) is 1.54. The van der Waals surface area contributed by atoms with Gasteiger partial charge in [0, 0.05) is 31.6 Å². The lowest BCUT2D eigenvalue weighted by atomic mass is 10.4. The van der Waals surface area contributed by atoms with E-state index < -0.39 is 17.2 Å². The van der Waals surface area contributed by atoms with Crippen LogP contribution >= 0.6 is 11.3 Å². The second kappa shape index (κ2) is 5.83. The van der Waals surface area contributed by atoms with Gasteiger partial charge in [-0.3, -0.25) is 23.5 Å². The van der Waals surface area contributed by atoms with E-state index >= 15 is 0 Å². The molecule has 1 N–H and O–H groups in total. The molecule has 0 saturated carbocycles. The van der Waals surface area contributed by atoms with Crippen molar-refractivity contribution in [2.24, 2.45) is 7.05 Å². The average molecular weight is 308 g/mol. The second-order valence-corrected chi connectivity index (χ2v) is 5.12. The van der Waals surface area contributed by atoms with Gasteiger partial charge in [-0.15, -0.1) is 11.3 Å². The summed E-state index contributed by atoms with van der Waals surface area (Å²) in [6.07, 6.45) is 1.26. The summed E-state index contributed by atoms with van der Waals surface area (Å²) in [6.45, 7) is 1.13. The zero-order valence-corrected chi connectivity index (χ0v) is 12.1. The Kier molecular flexibility index (Phi) is 4.13. The Morgan fingerprint density at radius 1 is 1.38 bits per heavy atom. The van der Waals surface area contributed by atoms with Crippen LogP contribution in [0.1, 0.15) is 17.4 Å². The Labute approximate surface area is 122 Å². The molecule has 2 aromatic rings. The average Bonchev–Trinajstić information content (AvgIpc) is 2.88. The third-order valence-electron chi connectivity index (χ3n) is 2.69. The lowest BCUT2D eigenvalue weighted by Gasteiger charge is -2.06. The van der Waals surface area contributed by atoms with Gasteiger partial charge < -0.3 is 5.32 Å². The molecule has 0 aliphatic carbocycles. The van der Waals surface area contributed by atoms with Gasteiger partial charge in [0.15, 0.2) is 10.9 Å². The smallest absolute Gasteiger partial charge is 0.300 e. The van der Waals surface area contributed by atoms with Crippen LogP contribution < -0.4 is 16.6 Å². The molecule has 0 aliphatic rings. The molecule has 0 saturated heterocycles. The summed E-state index contributed by atoms with van der Waals surface area (Å²) in [5.41, 5.74) is -0.751. The fourth-order valence-corrected chi connectivity index (χ4v) is 2.31. The molecule has 21 heavy (non-hydrogen) atoms. The van der Waals surface area contributed by atoms with Crippen molar-refractivity contribution >= 4 is 28.2 Å². The summed E-state index contributed by atoms with van der Waals surface area (Å²) in [5.74, 6) is -0.666. The molecule has 110 valence electrons. The number of rotatable bonds is 4. The molecule has 2 heterocycles. The maximum absolute atomic E-state index is 11.8. The number of anilines is 1. The van der Waals surface area contributed by atoms with Crippen molar-refractivity contribution in [1.82, 2.24) is 14.1 Å². The van der Waals surface area contributed by atoms with Crippen LogP contribution in [-0.4, -0.2) is 25.8 Å². The van der Waals surface area contributed by atoms with E-state index in [1.54, 1.807) is 0 Å². The summed E-state index contributed by atoms with van der Waals surface area (Å²) in [7, 11) is 1.33. The predicted molar refractivity (Wildman–Crippen MR) is 76.7 cm³/mol. The van der Waals surface area contributed by atoms with Crippen molar-refractivity contribution in [1.29, 1.82) is 0 Å². The number of amides is 1. The first-order valence-electron chi connectivity index (χ1n) is 5.91. The molecule has 0 radical (unpaired) electrons. The van der Waals surface area contributed by atoms with Gasteiger partial charge in [0.05, 0.1) is 0 Å². The number of thiazole rings is 1. The lowest BCUT2D eigenvalue weighted by molar-refractivity contribution is -0.116. The van der Waals surface area contributed by atoms with Crippen molar-refractivity contribution in [2.75, 3.05) is 5.32 Å². The number of aromatic nitrogens is 3. The van der Waals surface area contributed by atoms with Crippen LogP contribution in [0.2, 0.25) is 0 Å². The van der Waals surface area contributed by atoms with Gasteiger partial charge in [-0.1, -0.05) is 0 Å². The second-order valence-electron chi connectivity index (χ2n) is 4.27. The highest BCUT2D eigenvalue weighted by Gasteiger charge is 2.11.